The molecule has 0 saturated carbocycles. The molecule has 4 nitrogen and oxygen atoms in total. The van der Waals surface area contributed by atoms with Crippen LogP contribution in [0.2, 0.25) is 13.3 Å². The summed E-state index contributed by atoms with van der Waals surface area (Å²) in [7, 11) is 0. The zero-order valence-corrected chi connectivity index (χ0v) is 19.5. The van der Waals surface area contributed by atoms with E-state index < -0.39 is 18.4 Å². The van der Waals surface area contributed by atoms with E-state index in [1.165, 1.54) is 55.5 Å². The van der Waals surface area contributed by atoms with Crippen LogP contribution in [0, 0.1) is 0 Å². The molecule has 1 fully saturated rings. The van der Waals surface area contributed by atoms with Gasteiger partial charge in [-0.2, -0.15) is 0 Å². The van der Waals surface area contributed by atoms with Crippen LogP contribution in [-0.4, -0.2) is 54.6 Å². The monoisotopic (exact) mass is 455 g/mol. The first-order valence-electron chi connectivity index (χ1n) is 10.4. The van der Waals surface area contributed by atoms with Gasteiger partial charge in [0.25, 0.3) is 0 Å². The van der Waals surface area contributed by atoms with Gasteiger partial charge < -0.3 is 0 Å². The molecule has 142 valence electrons. The predicted molar refractivity (Wildman–Crippen MR) is 110 cm³/mol. The molecule has 0 N–H and O–H groups in total. The van der Waals surface area contributed by atoms with Crippen LogP contribution >= 0.6 is 0 Å². The third-order valence-electron chi connectivity index (χ3n) is 5.54. The van der Waals surface area contributed by atoms with Crippen LogP contribution in [0.25, 0.3) is 0 Å². The van der Waals surface area contributed by atoms with E-state index >= 15 is 0 Å². The summed E-state index contributed by atoms with van der Waals surface area (Å²) in [5, 5.41) is 0. The first-order valence-corrected chi connectivity index (χ1v) is 17.9. The van der Waals surface area contributed by atoms with Gasteiger partial charge in [-0.1, -0.05) is 0 Å². The van der Waals surface area contributed by atoms with E-state index in [1.54, 1.807) is 0 Å². The quantitative estimate of drug-likeness (QED) is 0.466. The molecule has 0 atom stereocenters. The summed E-state index contributed by atoms with van der Waals surface area (Å²) < 4.78 is 11.3. The summed E-state index contributed by atoms with van der Waals surface area (Å²) in [6, 6.07) is 0. The van der Waals surface area contributed by atoms with E-state index in [4.69, 9.17) is 14.7 Å². The molecule has 0 spiro atoms. The summed E-state index contributed by atoms with van der Waals surface area (Å²) in [6.07, 6.45) is 12.2. The van der Waals surface area contributed by atoms with Crippen molar-refractivity contribution in [2.45, 2.75) is 72.6 Å². The zero-order valence-electron chi connectivity index (χ0n) is 16.6. The maximum absolute atomic E-state index is 5.45. The van der Waals surface area contributed by atoms with Crippen LogP contribution in [-0.2, 0) is 4.74 Å². The molecule has 0 aliphatic carbocycles. The Balaban J connectivity index is 2.20. The average molecular weight is 454 g/mol. The molecule has 1 aliphatic rings. The van der Waals surface area contributed by atoms with Crippen LogP contribution in [0.3, 0.4) is 0 Å². The van der Waals surface area contributed by atoms with Gasteiger partial charge in [-0.05, 0) is 0 Å². The Morgan fingerprint density at radius 3 is 1.88 bits per heavy atom. The minimum atomic E-state index is -2.42. The molecule has 2 heterocycles. The summed E-state index contributed by atoms with van der Waals surface area (Å²) in [6.45, 7) is 10.4. The number of hydrogen-bond donors (Lipinski definition) is 0. The first-order chi connectivity index (χ1) is 12.3. The summed E-state index contributed by atoms with van der Waals surface area (Å²) in [5.41, 5.74) is 0. The Morgan fingerprint density at radius 1 is 0.880 bits per heavy atom. The molecule has 0 aromatic carbocycles. The van der Waals surface area contributed by atoms with Gasteiger partial charge in [-0.3, -0.25) is 0 Å². The Morgan fingerprint density at radius 2 is 1.44 bits per heavy atom. The molecule has 2 rings (SSSR count). The molecule has 0 radical (unpaired) electrons. The Bertz CT molecular complexity index is 453. The van der Waals surface area contributed by atoms with Crippen molar-refractivity contribution in [2.75, 3.05) is 31.2 Å². The van der Waals surface area contributed by atoms with Crippen molar-refractivity contribution in [1.29, 1.82) is 0 Å². The normalized spacial score (nSPS) is 15.6. The number of ether oxygens (including phenoxy) is 1. The molecule has 1 aliphatic heterocycles. The molecule has 1 saturated heterocycles. The van der Waals surface area contributed by atoms with Crippen molar-refractivity contribution in [1.82, 2.24) is 9.97 Å². The Hall–Kier alpha value is -0.361. The van der Waals surface area contributed by atoms with Crippen molar-refractivity contribution in [3.63, 3.8) is 0 Å². The van der Waals surface area contributed by atoms with Crippen molar-refractivity contribution < 1.29 is 4.74 Å². The predicted octanol–water partition coefficient (Wildman–Crippen LogP) is 4.37. The van der Waals surface area contributed by atoms with Crippen molar-refractivity contribution in [3.05, 3.63) is 12.4 Å². The topological polar surface area (TPSA) is 38.2 Å². The summed E-state index contributed by atoms with van der Waals surface area (Å²) in [5.74, 6) is 1.04. The van der Waals surface area contributed by atoms with Gasteiger partial charge in [0.2, 0.25) is 0 Å². The SMILES string of the molecule is CCC[CH2][Sn]([CH2]CCC)([CH2]CCC)[c]1cnc(N2CCOCC2)cn1. The number of unbranched alkanes of at least 4 members (excludes halogenated alkanes) is 3. The van der Waals surface area contributed by atoms with Crippen molar-refractivity contribution in [2.24, 2.45) is 0 Å². The van der Waals surface area contributed by atoms with Crippen LogP contribution in [0.4, 0.5) is 5.82 Å². The molecular formula is C20H37N3OSn. The Labute approximate surface area is 158 Å². The Kier molecular flexibility index (Phi) is 9.53. The first kappa shape index (κ1) is 20.9. The van der Waals surface area contributed by atoms with E-state index in [2.05, 4.69) is 38.1 Å². The third kappa shape index (κ3) is 6.09. The van der Waals surface area contributed by atoms with E-state index in [0.29, 0.717) is 0 Å². The fourth-order valence-corrected chi connectivity index (χ4v) is 18.9. The van der Waals surface area contributed by atoms with Crippen molar-refractivity contribution >= 4 is 27.9 Å². The molecule has 5 heteroatoms. The molecule has 0 amide bonds. The second-order valence-corrected chi connectivity index (χ2v) is 20.5. The van der Waals surface area contributed by atoms with Crippen LogP contribution < -0.4 is 8.61 Å². The fraction of sp³-hybridized carbons (Fsp3) is 0.800. The van der Waals surface area contributed by atoms with E-state index in [9.17, 15) is 0 Å². The van der Waals surface area contributed by atoms with E-state index in [1.807, 2.05) is 0 Å². The van der Waals surface area contributed by atoms with Gasteiger partial charge in [0.15, 0.2) is 0 Å². The number of rotatable bonds is 11. The fourth-order valence-electron chi connectivity index (χ4n) is 3.86. The molecule has 1 aromatic rings. The van der Waals surface area contributed by atoms with Crippen molar-refractivity contribution in [3.8, 4) is 0 Å². The number of nitrogens with zero attached hydrogens (tertiary/aromatic N) is 3. The van der Waals surface area contributed by atoms with Gasteiger partial charge in [0.1, 0.15) is 0 Å². The zero-order chi connectivity index (χ0) is 18.0. The number of morpholine rings is 1. The summed E-state index contributed by atoms with van der Waals surface area (Å²) in [4.78, 5) is 12.2. The number of anilines is 1. The summed E-state index contributed by atoms with van der Waals surface area (Å²) >= 11 is -2.42. The minimum absolute atomic E-state index is 0.802. The second-order valence-electron chi connectivity index (χ2n) is 7.45. The number of hydrogen-bond acceptors (Lipinski definition) is 4. The van der Waals surface area contributed by atoms with Gasteiger partial charge in [-0.25, -0.2) is 0 Å². The second kappa shape index (κ2) is 11.4. The molecule has 0 unspecified atom stereocenters. The van der Waals surface area contributed by atoms with Crippen LogP contribution in [0.1, 0.15) is 59.3 Å². The van der Waals surface area contributed by atoms with Gasteiger partial charge in [0, 0.05) is 0 Å². The van der Waals surface area contributed by atoms with Gasteiger partial charge >= 0.3 is 159 Å². The maximum atomic E-state index is 5.45. The van der Waals surface area contributed by atoms with E-state index in [0.717, 1.165) is 32.1 Å². The van der Waals surface area contributed by atoms with Crippen LogP contribution in [0.15, 0.2) is 12.4 Å². The molecule has 0 bridgehead atoms. The molecular weight excluding hydrogens is 417 g/mol. The number of aromatic nitrogens is 2. The average Bonchev–Trinajstić information content (AvgIpc) is 2.68. The van der Waals surface area contributed by atoms with E-state index in [-0.39, 0.29) is 0 Å². The standard InChI is InChI=1S/C8H10N3O.3C4H9.Sn/c1-2-10-8(7-9-1)11-3-5-12-6-4-11;3*1-3-4-2;/h2,7H,3-6H2;3*1,3-4H2,2H3;. The van der Waals surface area contributed by atoms with Gasteiger partial charge in [-0.15, -0.1) is 0 Å². The third-order valence-corrected chi connectivity index (χ3v) is 20.6. The molecule has 25 heavy (non-hydrogen) atoms. The molecule has 1 aromatic heterocycles. The van der Waals surface area contributed by atoms with Crippen LogP contribution in [0.5, 0.6) is 0 Å². The van der Waals surface area contributed by atoms with Gasteiger partial charge in [0.05, 0.1) is 0 Å².